The molecule has 0 bridgehead atoms. The van der Waals surface area contributed by atoms with Crippen molar-refractivity contribution >= 4 is 0 Å². The topological polar surface area (TPSA) is 40.5 Å². The van der Waals surface area contributed by atoms with Gasteiger partial charge in [-0.05, 0) is 12.8 Å². The first-order valence-electron chi connectivity index (χ1n) is 6.08. The number of hydrogen-bond donors (Lipinski definition) is 2. The lowest BCUT2D eigenvalue weighted by Crippen LogP contribution is -2.19. The van der Waals surface area contributed by atoms with Gasteiger partial charge in [0.15, 0.2) is 6.29 Å². The zero-order valence-electron chi connectivity index (χ0n) is 9.71. The summed E-state index contributed by atoms with van der Waals surface area (Å²) < 4.78 is 0. The first-order chi connectivity index (χ1) is 6.72. The van der Waals surface area contributed by atoms with Gasteiger partial charge in [0.1, 0.15) is 0 Å². The molecule has 86 valence electrons. The molecule has 0 heterocycles. The smallest absolute Gasteiger partial charge is 0.154 e. The molecule has 0 spiro atoms. The van der Waals surface area contributed by atoms with E-state index < -0.39 is 6.29 Å². The highest BCUT2D eigenvalue weighted by Gasteiger charge is 2.15. The molecule has 0 amide bonds. The van der Waals surface area contributed by atoms with Crippen molar-refractivity contribution in [1.29, 1.82) is 0 Å². The van der Waals surface area contributed by atoms with Gasteiger partial charge in [0.2, 0.25) is 0 Å². The van der Waals surface area contributed by atoms with E-state index in [2.05, 4.69) is 13.8 Å². The van der Waals surface area contributed by atoms with Crippen LogP contribution in [0.5, 0.6) is 0 Å². The van der Waals surface area contributed by atoms with Gasteiger partial charge in [-0.3, -0.25) is 0 Å². The van der Waals surface area contributed by atoms with Crippen LogP contribution in [0.3, 0.4) is 0 Å². The van der Waals surface area contributed by atoms with E-state index in [-0.39, 0.29) is 5.92 Å². The number of hydrogen-bond acceptors (Lipinski definition) is 2. The van der Waals surface area contributed by atoms with Crippen LogP contribution in [0.4, 0.5) is 0 Å². The van der Waals surface area contributed by atoms with Crippen molar-refractivity contribution in [2.45, 2.75) is 71.5 Å². The minimum atomic E-state index is -1.11. The Kier molecular flexibility index (Phi) is 9.42. The monoisotopic (exact) mass is 202 g/mol. The third-order valence-electron chi connectivity index (χ3n) is 2.78. The molecule has 0 aliphatic heterocycles. The van der Waals surface area contributed by atoms with Gasteiger partial charge in [-0.2, -0.15) is 0 Å². The van der Waals surface area contributed by atoms with Gasteiger partial charge in [0.25, 0.3) is 0 Å². The van der Waals surface area contributed by atoms with Gasteiger partial charge in [-0.25, -0.2) is 0 Å². The molecular formula is C12H26O2. The van der Waals surface area contributed by atoms with Crippen molar-refractivity contribution < 1.29 is 10.2 Å². The van der Waals surface area contributed by atoms with Crippen molar-refractivity contribution in [3.63, 3.8) is 0 Å². The molecule has 0 aliphatic rings. The summed E-state index contributed by atoms with van der Waals surface area (Å²) in [5.74, 6) is 0.104. The van der Waals surface area contributed by atoms with E-state index >= 15 is 0 Å². The van der Waals surface area contributed by atoms with Crippen molar-refractivity contribution in [1.82, 2.24) is 0 Å². The fourth-order valence-corrected chi connectivity index (χ4v) is 1.74. The van der Waals surface area contributed by atoms with Crippen LogP contribution in [-0.4, -0.2) is 16.5 Å². The Morgan fingerprint density at radius 2 is 1.36 bits per heavy atom. The van der Waals surface area contributed by atoms with E-state index in [0.29, 0.717) is 0 Å². The van der Waals surface area contributed by atoms with Gasteiger partial charge in [0.05, 0.1) is 0 Å². The maximum absolute atomic E-state index is 9.15. The Balaban J connectivity index is 3.52. The summed E-state index contributed by atoms with van der Waals surface area (Å²) in [6.45, 7) is 4.33. The molecule has 0 aromatic rings. The van der Waals surface area contributed by atoms with E-state index in [4.69, 9.17) is 10.2 Å². The number of aliphatic hydroxyl groups excluding tert-OH is 1. The van der Waals surface area contributed by atoms with Crippen LogP contribution in [0.2, 0.25) is 0 Å². The lowest BCUT2D eigenvalue weighted by molar-refractivity contribution is -0.0889. The summed E-state index contributed by atoms with van der Waals surface area (Å²) >= 11 is 0. The average molecular weight is 202 g/mol. The molecule has 0 rings (SSSR count). The lowest BCUT2D eigenvalue weighted by Gasteiger charge is -2.18. The van der Waals surface area contributed by atoms with E-state index in [1.807, 2.05) is 0 Å². The van der Waals surface area contributed by atoms with Crippen molar-refractivity contribution in [3.8, 4) is 0 Å². The molecule has 0 aliphatic carbocycles. The first kappa shape index (κ1) is 13.9. The van der Waals surface area contributed by atoms with E-state index in [1.165, 1.54) is 19.3 Å². The Labute approximate surface area is 88.3 Å². The van der Waals surface area contributed by atoms with Crippen LogP contribution in [0.25, 0.3) is 0 Å². The van der Waals surface area contributed by atoms with Gasteiger partial charge in [-0.15, -0.1) is 0 Å². The van der Waals surface area contributed by atoms with Crippen LogP contribution in [0.1, 0.15) is 65.2 Å². The van der Waals surface area contributed by atoms with Crippen LogP contribution >= 0.6 is 0 Å². The van der Waals surface area contributed by atoms with Crippen molar-refractivity contribution in [2.75, 3.05) is 0 Å². The molecule has 0 fully saturated rings. The van der Waals surface area contributed by atoms with Gasteiger partial charge in [0, 0.05) is 5.92 Å². The Bertz CT molecular complexity index is 113. The fraction of sp³-hybridized carbons (Fsp3) is 1.00. The van der Waals surface area contributed by atoms with Crippen LogP contribution < -0.4 is 0 Å². The Morgan fingerprint density at radius 1 is 0.786 bits per heavy atom. The summed E-state index contributed by atoms with van der Waals surface area (Å²) in [5, 5.41) is 18.3. The van der Waals surface area contributed by atoms with Crippen LogP contribution in [-0.2, 0) is 0 Å². The second-order valence-electron chi connectivity index (χ2n) is 4.17. The summed E-state index contributed by atoms with van der Waals surface area (Å²) in [7, 11) is 0. The molecule has 0 aromatic heterocycles. The quantitative estimate of drug-likeness (QED) is 0.445. The molecule has 14 heavy (non-hydrogen) atoms. The zero-order chi connectivity index (χ0) is 10.8. The minimum Gasteiger partial charge on any atom is -0.368 e. The highest BCUT2D eigenvalue weighted by atomic mass is 16.5. The van der Waals surface area contributed by atoms with Crippen LogP contribution in [0, 0.1) is 5.92 Å². The predicted molar refractivity (Wildman–Crippen MR) is 60.0 cm³/mol. The van der Waals surface area contributed by atoms with Crippen molar-refractivity contribution in [3.05, 3.63) is 0 Å². The molecule has 0 saturated heterocycles. The van der Waals surface area contributed by atoms with E-state index in [0.717, 1.165) is 32.1 Å². The molecule has 2 nitrogen and oxygen atoms in total. The van der Waals surface area contributed by atoms with Gasteiger partial charge < -0.3 is 10.2 Å². The number of rotatable bonds is 9. The highest BCUT2D eigenvalue weighted by molar-refractivity contribution is 4.61. The molecule has 0 saturated carbocycles. The third kappa shape index (κ3) is 7.34. The SMILES string of the molecule is CCCCCCC(CCCC)C(O)O. The molecule has 2 N–H and O–H groups in total. The first-order valence-corrected chi connectivity index (χ1v) is 6.08. The molecule has 2 heteroatoms. The molecular weight excluding hydrogens is 176 g/mol. The third-order valence-corrected chi connectivity index (χ3v) is 2.78. The second kappa shape index (κ2) is 9.47. The molecule has 0 radical (unpaired) electrons. The molecule has 1 unspecified atom stereocenters. The molecule has 1 atom stereocenters. The predicted octanol–water partition coefficient (Wildman–Crippen LogP) is 3.07. The fourth-order valence-electron chi connectivity index (χ4n) is 1.74. The summed E-state index contributed by atoms with van der Waals surface area (Å²) in [6, 6.07) is 0. The maximum Gasteiger partial charge on any atom is 0.154 e. The Hall–Kier alpha value is -0.0800. The molecule has 0 aromatic carbocycles. The summed E-state index contributed by atoms with van der Waals surface area (Å²) in [5.41, 5.74) is 0. The van der Waals surface area contributed by atoms with E-state index in [1.54, 1.807) is 0 Å². The lowest BCUT2D eigenvalue weighted by atomic mass is 9.95. The summed E-state index contributed by atoms with van der Waals surface area (Å²) in [6.07, 6.45) is 7.93. The number of aliphatic hydroxyl groups is 2. The highest BCUT2D eigenvalue weighted by Crippen LogP contribution is 2.19. The second-order valence-corrected chi connectivity index (χ2v) is 4.17. The van der Waals surface area contributed by atoms with Crippen molar-refractivity contribution in [2.24, 2.45) is 5.92 Å². The normalized spacial score (nSPS) is 13.5. The Morgan fingerprint density at radius 3 is 1.86 bits per heavy atom. The maximum atomic E-state index is 9.15. The van der Waals surface area contributed by atoms with Gasteiger partial charge in [-0.1, -0.05) is 52.4 Å². The number of unbranched alkanes of at least 4 members (excludes halogenated alkanes) is 4. The minimum absolute atomic E-state index is 0.104. The summed E-state index contributed by atoms with van der Waals surface area (Å²) in [4.78, 5) is 0. The zero-order valence-corrected chi connectivity index (χ0v) is 9.71. The average Bonchev–Trinajstić information content (AvgIpc) is 2.16. The van der Waals surface area contributed by atoms with E-state index in [9.17, 15) is 0 Å². The largest absolute Gasteiger partial charge is 0.368 e. The van der Waals surface area contributed by atoms with Crippen LogP contribution in [0.15, 0.2) is 0 Å². The van der Waals surface area contributed by atoms with Gasteiger partial charge >= 0.3 is 0 Å². The standard InChI is InChI=1S/C12H26O2/c1-3-5-7-8-10-11(12(13)14)9-6-4-2/h11-14H,3-10H2,1-2H3.